The molecule has 3 fully saturated rings. The van der Waals surface area contributed by atoms with Gasteiger partial charge in [0.2, 0.25) is 0 Å². The van der Waals surface area contributed by atoms with E-state index in [1.54, 1.807) is 6.92 Å². The van der Waals surface area contributed by atoms with Gasteiger partial charge in [0.25, 0.3) is 0 Å². The van der Waals surface area contributed by atoms with Crippen molar-refractivity contribution in [1.82, 2.24) is 0 Å². The van der Waals surface area contributed by atoms with Crippen molar-refractivity contribution in [1.29, 1.82) is 0 Å². The Morgan fingerprint density at radius 2 is 1.77 bits per heavy atom. The second-order valence-corrected chi connectivity index (χ2v) is 11.5. The highest BCUT2D eigenvalue weighted by molar-refractivity contribution is 5.91. The number of esters is 1. The minimum Gasteiger partial charge on any atom is -0.459 e. The Labute approximate surface area is 185 Å². The molecule has 3 saturated carbocycles. The van der Waals surface area contributed by atoms with Gasteiger partial charge in [0.05, 0.1) is 23.2 Å². The monoisotopic (exact) mass is 434 g/mol. The predicted octanol–water partition coefficient (Wildman–Crippen LogP) is 2.78. The minimum absolute atomic E-state index is 0.0357. The highest BCUT2D eigenvalue weighted by Gasteiger charge is 2.74. The molecule has 0 saturated heterocycles. The van der Waals surface area contributed by atoms with E-state index in [4.69, 9.17) is 4.74 Å². The van der Waals surface area contributed by atoms with Gasteiger partial charge in [-0.05, 0) is 50.2 Å². The number of hydrogen-bond donors (Lipinski definition) is 3. The Kier molecular flexibility index (Phi) is 4.92. The van der Waals surface area contributed by atoms with Crippen LogP contribution in [0.5, 0.6) is 0 Å². The maximum atomic E-state index is 14.2. The molecule has 6 nitrogen and oxygen atoms in total. The van der Waals surface area contributed by atoms with Crippen LogP contribution in [0.2, 0.25) is 0 Å². The molecule has 0 spiro atoms. The lowest BCUT2D eigenvalue weighted by Gasteiger charge is -2.68. The molecule has 3 N–H and O–H groups in total. The molecule has 2 bridgehead atoms. The minimum atomic E-state index is -1.33. The molecule has 0 aromatic carbocycles. The standard InChI is InChI=1S/C25H38O6/c1-12-17(27)11-25(30)14(3)20-23(7,21(29)13(2)19(12)22(25,5)6)18(28)10-16-8-9-24(16,20)31-15(4)26/h13-14,16-18,20,27-28,30H,8-11H2,1-7H3/t13-,14+,16-,17+,18+,20+,23-,24+,25-/m1/s1. The molecular formula is C25H38O6. The van der Waals surface area contributed by atoms with E-state index in [-0.39, 0.29) is 18.1 Å². The van der Waals surface area contributed by atoms with E-state index in [2.05, 4.69) is 0 Å². The average Bonchev–Trinajstić information content (AvgIpc) is 2.65. The molecule has 0 aliphatic heterocycles. The maximum Gasteiger partial charge on any atom is 0.303 e. The summed E-state index contributed by atoms with van der Waals surface area (Å²) in [6.45, 7) is 12.7. The smallest absolute Gasteiger partial charge is 0.303 e. The van der Waals surface area contributed by atoms with Gasteiger partial charge in [0.15, 0.2) is 0 Å². The van der Waals surface area contributed by atoms with Crippen LogP contribution in [0, 0.1) is 34.5 Å². The summed E-state index contributed by atoms with van der Waals surface area (Å²) < 4.78 is 6.02. The summed E-state index contributed by atoms with van der Waals surface area (Å²) in [7, 11) is 0. The lowest BCUT2D eigenvalue weighted by Crippen LogP contribution is -2.75. The molecule has 0 aromatic rings. The Morgan fingerprint density at radius 1 is 1.16 bits per heavy atom. The van der Waals surface area contributed by atoms with E-state index in [1.165, 1.54) is 6.92 Å². The maximum absolute atomic E-state index is 14.2. The van der Waals surface area contributed by atoms with Gasteiger partial charge in [-0.2, -0.15) is 0 Å². The third-order valence-corrected chi connectivity index (χ3v) is 10.1. The fourth-order valence-corrected chi connectivity index (χ4v) is 8.43. The van der Waals surface area contributed by atoms with Crippen LogP contribution in [0.3, 0.4) is 0 Å². The highest BCUT2D eigenvalue weighted by atomic mass is 16.6. The topological polar surface area (TPSA) is 104 Å². The zero-order valence-corrected chi connectivity index (χ0v) is 19.9. The summed E-state index contributed by atoms with van der Waals surface area (Å²) in [6, 6.07) is 0. The van der Waals surface area contributed by atoms with Crippen LogP contribution in [0.4, 0.5) is 0 Å². The molecule has 9 atom stereocenters. The van der Waals surface area contributed by atoms with Crippen molar-refractivity contribution >= 4 is 11.8 Å². The number of aliphatic hydroxyl groups excluding tert-OH is 2. The van der Waals surface area contributed by atoms with Crippen LogP contribution < -0.4 is 0 Å². The lowest BCUT2D eigenvalue weighted by molar-refractivity contribution is -0.281. The molecule has 0 heterocycles. The number of fused-ring (bicyclic) bond motifs is 5. The van der Waals surface area contributed by atoms with Crippen molar-refractivity contribution in [3.05, 3.63) is 11.1 Å². The molecule has 31 heavy (non-hydrogen) atoms. The number of carbonyl (C=O) groups excluding carboxylic acids is 2. The zero-order valence-electron chi connectivity index (χ0n) is 19.9. The fraction of sp³-hybridized carbons (Fsp3) is 0.840. The van der Waals surface area contributed by atoms with Crippen LogP contribution in [0.15, 0.2) is 11.1 Å². The third-order valence-electron chi connectivity index (χ3n) is 10.1. The first kappa shape index (κ1) is 22.9. The summed E-state index contributed by atoms with van der Waals surface area (Å²) in [6.07, 6.45) is 0.291. The molecule has 6 heteroatoms. The molecule has 174 valence electrons. The summed E-state index contributed by atoms with van der Waals surface area (Å²) >= 11 is 0. The normalized spacial score (nSPS) is 51.1. The first-order valence-corrected chi connectivity index (χ1v) is 11.7. The largest absolute Gasteiger partial charge is 0.459 e. The van der Waals surface area contributed by atoms with Crippen LogP contribution in [0.1, 0.15) is 74.1 Å². The zero-order chi connectivity index (χ0) is 23.3. The van der Waals surface area contributed by atoms with Crippen molar-refractivity contribution in [2.45, 2.75) is 97.6 Å². The van der Waals surface area contributed by atoms with Crippen molar-refractivity contribution < 1.29 is 29.6 Å². The second-order valence-electron chi connectivity index (χ2n) is 11.5. The van der Waals surface area contributed by atoms with E-state index in [1.807, 2.05) is 34.6 Å². The van der Waals surface area contributed by atoms with E-state index < -0.39 is 58.0 Å². The quantitative estimate of drug-likeness (QED) is 0.433. The van der Waals surface area contributed by atoms with Gasteiger partial charge in [0, 0.05) is 36.5 Å². The van der Waals surface area contributed by atoms with Gasteiger partial charge < -0.3 is 20.1 Å². The molecule has 0 aromatic heterocycles. The van der Waals surface area contributed by atoms with Gasteiger partial charge in [-0.3, -0.25) is 9.59 Å². The van der Waals surface area contributed by atoms with E-state index >= 15 is 0 Å². The van der Waals surface area contributed by atoms with Gasteiger partial charge in [-0.1, -0.05) is 27.7 Å². The fourth-order valence-electron chi connectivity index (χ4n) is 8.43. The molecule has 0 unspecified atom stereocenters. The van der Waals surface area contributed by atoms with Gasteiger partial charge in [-0.15, -0.1) is 0 Å². The molecule has 4 rings (SSSR count). The van der Waals surface area contributed by atoms with Crippen LogP contribution in [-0.4, -0.2) is 50.5 Å². The van der Waals surface area contributed by atoms with E-state index in [0.717, 1.165) is 17.6 Å². The Morgan fingerprint density at radius 3 is 2.29 bits per heavy atom. The van der Waals surface area contributed by atoms with Gasteiger partial charge in [0.1, 0.15) is 11.4 Å². The number of hydrogen-bond acceptors (Lipinski definition) is 6. The predicted molar refractivity (Wildman–Crippen MR) is 115 cm³/mol. The summed E-state index contributed by atoms with van der Waals surface area (Å²) in [5.41, 5.74) is -2.61. The number of ketones is 1. The van der Waals surface area contributed by atoms with Crippen LogP contribution in [-0.2, 0) is 14.3 Å². The van der Waals surface area contributed by atoms with Gasteiger partial charge in [-0.25, -0.2) is 0 Å². The van der Waals surface area contributed by atoms with Crippen LogP contribution in [0.25, 0.3) is 0 Å². The number of rotatable bonds is 1. The van der Waals surface area contributed by atoms with Crippen molar-refractivity contribution in [2.75, 3.05) is 0 Å². The average molecular weight is 435 g/mol. The first-order chi connectivity index (χ1) is 14.2. The number of Topliss-reactive ketones (excluding diaryl/α,β-unsaturated/α-hetero) is 1. The SMILES string of the molecule is CC(=O)O[C@@]12CC[C@@H]1C[C@H](O)[C@@]1(C)C(=O)[C@H](C)C3=C(C)[C@@H](O)C[C@@](O)([C@@H](C)[C@H]21)C3(C)C. The molecular weight excluding hydrogens is 396 g/mol. The molecule has 0 amide bonds. The van der Waals surface area contributed by atoms with Crippen molar-refractivity contribution in [3.8, 4) is 0 Å². The Hall–Kier alpha value is -1.24. The third kappa shape index (κ3) is 2.56. The number of carbonyl (C=O) groups is 2. The molecule has 0 radical (unpaired) electrons. The first-order valence-electron chi connectivity index (χ1n) is 11.7. The highest BCUT2D eigenvalue weighted by Crippen LogP contribution is 2.68. The number of aliphatic hydroxyl groups is 3. The van der Waals surface area contributed by atoms with Crippen molar-refractivity contribution in [3.63, 3.8) is 0 Å². The summed E-state index contributed by atoms with van der Waals surface area (Å²) in [5, 5.41) is 34.5. The van der Waals surface area contributed by atoms with Crippen LogP contribution >= 0.6 is 0 Å². The summed E-state index contributed by atoms with van der Waals surface area (Å²) in [5.74, 6) is -2.13. The molecule has 4 aliphatic rings. The number of ether oxygens (including phenoxy) is 1. The Bertz CT molecular complexity index is 860. The van der Waals surface area contributed by atoms with E-state index in [9.17, 15) is 24.9 Å². The lowest BCUT2D eigenvalue weighted by atomic mass is 9.38. The Balaban J connectivity index is 2.02. The van der Waals surface area contributed by atoms with Gasteiger partial charge >= 0.3 is 5.97 Å². The summed E-state index contributed by atoms with van der Waals surface area (Å²) in [4.78, 5) is 26.4. The van der Waals surface area contributed by atoms with E-state index in [0.29, 0.717) is 12.8 Å². The molecule has 4 aliphatic carbocycles. The van der Waals surface area contributed by atoms with Crippen molar-refractivity contribution in [2.24, 2.45) is 34.5 Å². The second kappa shape index (κ2) is 6.64.